The summed E-state index contributed by atoms with van der Waals surface area (Å²) in [6, 6.07) is 0. The van der Waals surface area contributed by atoms with Gasteiger partial charge in [-0.25, -0.2) is 4.79 Å². The zero-order chi connectivity index (χ0) is 10.6. The van der Waals surface area contributed by atoms with E-state index >= 15 is 0 Å². The monoisotopic (exact) mass is 215 g/mol. The van der Waals surface area contributed by atoms with E-state index < -0.39 is 6.16 Å². The largest absolute Gasteiger partial charge is 0.514 e. The third-order valence-electron chi connectivity index (χ3n) is 1.69. The van der Waals surface area contributed by atoms with Crippen molar-refractivity contribution in [2.24, 2.45) is 0 Å². The van der Waals surface area contributed by atoms with Crippen LogP contribution in [0.1, 0.15) is 19.4 Å². The molecule has 0 radical (unpaired) electrons. The molecule has 0 saturated heterocycles. The number of rotatable bonds is 3. The first-order valence-corrected chi connectivity index (χ1v) is 5.27. The molecular weight excluding hydrogens is 202 g/mol. The van der Waals surface area contributed by atoms with Gasteiger partial charge in [0, 0.05) is 0 Å². The molecule has 1 aromatic heterocycles. The lowest BCUT2D eigenvalue weighted by Crippen LogP contribution is -2.10. The molecule has 0 spiro atoms. The Morgan fingerprint density at radius 1 is 1.57 bits per heavy atom. The number of hydrogen-bond acceptors (Lipinski definition) is 5. The van der Waals surface area contributed by atoms with Crippen LogP contribution in [-0.4, -0.2) is 12.8 Å². The average molecular weight is 215 g/mol. The number of ether oxygens (including phenoxy) is 2. The molecule has 2 N–H and O–H groups in total. The van der Waals surface area contributed by atoms with Gasteiger partial charge in [0.1, 0.15) is 0 Å². The van der Waals surface area contributed by atoms with E-state index in [9.17, 15) is 4.79 Å². The maximum absolute atomic E-state index is 11.0. The third kappa shape index (κ3) is 2.38. The fourth-order valence-electron chi connectivity index (χ4n) is 0.959. The van der Waals surface area contributed by atoms with Gasteiger partial charge in [-0.1, -0.05) is 6.92 Å². The number of hydrogen-bond donors (Lipinski definition) is 1. The van der Waals surface area contributed by atoms with Gasteiger partial charge in [-0.3, -0.25) is 0 Å². The van der Waals surface area contributed by atoms with Gasteiger partial charge in [-0.2, -0.15) is 0 Å². The van der Waals surface area contributed by atoms with Gasteiger partial charge in [-0.15, -0.1) is 11.3 Å². The highest BCUT2D eigenvalue weighted by atomic mass is 32.1. The molecule has 1 aromatic rings. The maximum Gasteiger partial charge on any atom is 0.514 e. The summed E-state index contributed by atoms with van der Waals surface area (Å²) in [7, 11) is 0. The fourth-order valence-corrected chi connectivity index (χ4v) is 1.88. The number of nitrogens with two attached hydrogens (primary N) is 1. The molecule has 0 saturated carbocycles. The zero-order valence-corrected chi connectivity index (χ0v) is 9.02. The van der Waals surface area contributed by atoms with E-state index in [1.165, 1.54) is 11.3 Å². The molecule has 0 fully saturated rings. The smallest absolute Gasteiger partial charge is 0.434 e. The van der Waals surface area contributed by atoms with Gasteiger partial charge in [0.15, 0.2) is 0 Å². The average Bonchev–Trinajstić information content (AvgIpc) is 2.48. The van der Waals surface area contributed by atoms with Crippen LogP contribution in [0.4, 0.5) is 10.5 Å². The van der Waals surface area contributed by atoms with Crippen molar-refractivity contribution in [3.05, 3.63) is 10.9 Å². The first kappa shape index (κ1) is 10.8. The predicted octanol–water partition coefficient (Wildman–Crippen LogP) is 2.43. The molecule has 0 bridgehead atoms. The van der Waals surface area contributed by atoms with Crippen LogP contribution in [0.15, 0.2) is 5.38 Å². The standard InChI is InChI=1S/C9H13NO3S/c1-3-6-5-14-8(7(6)10)13-9(11)12-4-2/h5H,3-4,10H2,1-2H3. The fraction of sp³-hybridized carbons (Fsp3) is 0.444. The quantitative estimate of drug-likeness (QED) is 0.786. The molecule has 0 atom stereocenters. The highest BCUT2D eigenvalue weighted by Gasteiger charge is 2.12. The van der Waals surface area contributed by atoms with Crippen molar-refractivity contribution in [2.75, 3.05) is 12.3 Å². The van der Waals surface area contributed by atoms with Crippen molar-refractivity contribution in [2.45, 2.75) is 20.3 Å². The van der Waals surface area contributed by atoms with Crippen LogP contribution in [0.25, 0.3) is 0 Å². The molecular formula is C9H13NO3S. The van der Waals surface area contributed by atoms with E-state index in [4.69, 9.17) is 10.5 Å². The lowest BCUT2D eigenvalue weighted by molar-refractivity contribution is 0.106. The van der Waals surface area contributed by atoms with Crippen LogP contribution >= 0.6 is 11.3 Å². The minimum Gasteiger partial charge on any atom is -0.434 e. The third-order valence-corrected chi connectivity index (χ3v) is 2.61. The molecule has 0 amide bonds. The number of nitrogen functional groups attached to an aromatic ring is 1. The molecule has 0 unspecified atom stereocenters. The van der Waals surface area contributed by atoms with E-state index in [0.717, 1.165) is 12.0 Å². The van der Waals surface area contributed by atoms with E-state index in [-0.39, 0.29) is 0 Å². The van der Waals surface area contributed by atoms with E-state index in [1.807, 2.05) is 12.3 Å². The Balaban J connectivity index is 2.67. The Morgan fingerprint density at radius 2 is 2.29 bits per heavy atom. The summed E-state index contributed by atoms with van der Waals surface area (Å²) in [4.78, 5) is 11.0. The van der Waals surface area contributed by atoms with Crippen LogP contribution in [0.3, 0.4) is 0 Å². The molecule has 0 aromatic carbocycles. The van der Waals surface area contributed by atoms with Crippen molar-refractivity contribution in [3.8, 4) is 5.06 Å². The molecule has 0 aliphatic rings. The molecule has 1 rings (SSSR count). The van der Waals surface area contributed by atoms with Crippen LogP contribution in [0.5, 0.6) is 5.06 Å². The predicted molar refractivity (Wildman–Crippen MR) is 55.8 cm³/mol. The van der Waals surface area contributed by atoms with Crippen LogP contribution < -0.4 is 10.5 Å². The second-order valence-corrected chi connectivity index (χ2v) is 3.44. The summed E-state index contributed by atoms with van der Waals surface area (Å²) < 4.78 is 9.53. The summed E-state index contributed by atoms with van der Waals surface area (Å²) in [6.07, 6.45) is 0.123. The summed E-state index contributed by atoms with van der Waals surface area (Å²) >= 11 is 1.31. The van der Waals surface area contributed by atoms with Crippen molar-refractivity contribution >= 4 is 23.2 Å². The molecule has 0 aliphatic heterocycles. The van der Waals surface area contributed by atoms with Gasteiger partial charge in [0.2, 0.25) is 5.06 Å². The van der Waals surface area contributed by atoms with Crippen LogP contribution in [0.2, 0.25) is 0 Å². The molecule has 1 heterocycles. The van der Waals surface area contributed by atoms with Gasteiger partial charge in [0.05, 0.1) is 12.3 Å². The maximum atomic E-state index is 11.0. The summed E-state index contributed by atoms with van der Waals surface area (Å²) in [5, 5.41) is 2.30. The van der Waals surface area contributed by atoms with Crippen LogP contribution in [0, 0.1) is 0 Å². The molecule has 78 valence electrons. The first-order valence-electron chi connectivity index (χ1n) is 4.39. The topological polar surface area (TPSA) is 61.5 Å². The number of carbonyl (C=O) groups excluding carboxylic acids is 1. The second-order valence-electron chi connectivity index (χ2n) is 2.60. The van der Waals surface area contributed by atoms with E-state index in [2.05, 4.69) is 4.74 Å². The van der Waals surface area contributed by atoms with Crippen molar-refractivity contribution in [3.63, 3.8) is 0 Å². The highest BCUT2D eigenvalue weighted by molar-refractivity contribution is 7.12. The minimum atomic E-state index is -0.705. The summed E-state index contributed by atoms with van der Waals surface area (Å²) in [5.74, 6) is 0. The molecule has 14 heavy (non-hydrogen) atoms. The van der Waals surface area contributed by atoms with Gasteiger partial charge in [0.25, 0.3) is 0 Å². The summed E-state index contributed by atoms with van der Waals surface area (Å²) in [6.45, 7) is 4.01. The number of aryl methyl sites for hydroxylation is 1. The molecule has 5 heteroatoms. The zero-order valence-electron chi connectivity index (χ0n) is 8.20. The number of carbonyl (C=O) groups is 1. The SMILES string of the molecule is CCOC(=O)Oc1scc(CC)c1N. The van der Waals surface area contributed by atoms with Crippen LogP contribution in [-0.2, 0) is 11.2 Å². The van der Waals surface area contributed by atoms with Gasteiger partial charge >= 0.3 is 6.16 Å². The minimum absolute atomic E-state index is 0.296. The Labute approximate surface area is 86.6 Å². The highest BCUT2D eigenvalue weighted by Crippen LogP contribution is 2.33. The number of thiophene rings is 1. The summed E-state index contributed by atoms with van der Waals surface area (Å²) in [5.41, 5.74) is 7.26. The lowest BCUT2D eigenvalue weighted by Gasteiger charge is -2.02. The Hall–Kier alpha value is -1.23. The van der Waals surface area contributed by atoms with Gasteiger partial charge in [-0.05, 0) is 24.3 Å². The van der Waals surface area contributed by atoms with Crippen molar-refractivity contribution in [1.82, 2.24) is 0 Å². The number of anilines is 1. The Kier molecular flexibility index (Phi) is 3.76. The lowest BCUT2D eigenvalue weighted by atomic mass is 10.2. The van der Waals surface area contributed by atoms with Crippen molar-refractivity contribution < 1.29 is 14.3 Å². The van der Waals surface area contributed by atoms with E-state index in [0.29, 0.717) is 17.4 Å². The molecule has 0 aliphatic carbocycles. The second kappa shape index (κ2) is 4.85. The normalized spacial score (nSPS) is 9.86. The first-order chi connectivity index (χ1) is 6.69. The van der Waals surface area contributed by atoms with Crippen molar-refractivity contribution in [1.29, 1.82) is 0 Å². The van der Waals surface area contributed by atoms with Gasteiger partial charge < -0.3 is 15.2 Å². The molecule has 4 nitrogen and oxygen atoms in total. The Bertz CT molecular complexity index is 322. The van der Waals surface area contributed by atoms with E-state index in [1.54, 1.807) is 6.92 Å². The Morgan fingerprint density at radius 3 is 2.79 bits per heavy atom.